The third-order valence-corrected chi connectivity index (χ3v) is 12.0. The molecule has 3 heteroatoms. The number of hydrogen-bond donors (Lipinski definition) is 0. The van der Waals surface area contributed by atoms with Crippen molar-refractivity contribution >= 4 is 82.4 Å². The topological polar surface area (TPSA) is 21.3 Å². The van der Waals surface area contributed by atoms with Crippen molar-refractivity contribution in [3.8, 4) is 27.9 Å². The molecular formula is C56H36N2O. The van der Waals surface area contributed by atoms with Gasteiger partial charge in [0.1, 0.15) is 11.2 Å². The van der Waals surface area contributed by atoms with Crippen molar-refractivity contribution in [2.45, 2.75) is 0 Å². The number of furan rings is 1. The largest absolute Gasteiger partial charge is 0.455 e. The zero-order valence-electron chi connectivity index (χ0n) is 32.1. The first-order chi connectivity index (χ1) is 29.3. The molecule has 12 rings (SSSR count). The minimum atomic E-state index is 0.863. The molecule has 0 radical (unpaired) electrons. The molecule has 2 heterocycles. The van der Waals surface area contributed by atoms with Gasteiger partial charge in [-0.3, -0.25) is 0 Å². The van der Waals surface area contributed by atoms with Gasteiger partial charge in [-0.2, -0.15) is 0 Å². The van der Waals surface area contributed by atoms with Crippen LogP contribution in [0, 0.1) is 0 Å². The fraction of sp³-hybridized carbons (Fsp3) is 0. The van der Waals surface area contributed by atoms with Crippen molar-refractivity contribution in [1.82, 2.24) is 4.57 Å². The summed E-state index contributed by atoms with van der Waals surface area (Å²) in [6.45, 7) is 0. The van der Waals surface area contributed by atoms with E-state index in [9.17, 15) is 0 Å². The van der Waals surface area contributed by atoms with Gasteiger partial charge in [-0.15, -0.1) is 0 Å². The Labute approximate surface area is 341 Å². The van der Waals surface area contributed by atoms with Crippen LogP contribution in [0.2, 0.25) is 0 Å². The average Bonchev–Trinajstić information content (AvgIpc) is 3.86. The van der Waals surface area contributed by atoms with E-state index in [2.05, 4.69) is 228 Å². The van der Waals surface area contributed by atoms with Crippen LogP contribution in [0.1, 0.15) is 0 Å². The molecule has 3 nitrogen and oxygen atoms in total. The molecule has 0 amide bonds. The minimum Gasteiger partial charge on any atom is -0.455 e. The molecule has 0 aliphatic rings. The standard InChI is InChI=1S/C56H36N2O/c1-2-16-40(17-3-1)57(41-31-28-38(29-32-41)44-23-13-24-46-43-19-5-4-14-37(43)30-33-47(44)46)53-35-34-45(56-55(53)50-22-8-11-27-54(50)59-56)39-15-12-18-42(36-39)58-51-25-9-6-20-48(51)49-21-7-10-26-52(49)58/h1-36H. The Morgan fingerprint density at radius 1 is 0.373 bits per heavy atom. The lowest BCUT2D eigenvalue weighted by molar-refractivity contribution is 0.670. The van der Waals surface area contributed by atoms with Crippen LogP contribution in [-0.2, 0) is 0 Å². The van der Waals surface area contributed by atoms with Crippen molar-refractivity contribution in [1.29, 1.82) is 0 Å². The van der Waals surface area contributed by atoms with Gasteiger partial charge >= 0.3 is 0 Å². The maximum Gasteiger partial charge on any atom is 0.145 e. The van der Waals surface area contributed by atoms with E-state index in [-0.39, 0.29) is 0 Å². The van der Waals surface area contributed by atoms with Gasteiger partial charge in [0.25, 0.3) is 0 Å². The van der Waals surface area contributed by atoms with Crippen molar-refractivity contribution in [2.75, 3.05) is 4.90 Å². The summed E-state index contributed by atoms with van der Waals surface area (Å²) in [5.74, 6) is 0. The van der Waals surface area contributed by atoms with Gasteiger partial charge in [-0.25, -0.2) is 0 Å². The van der Waals surface area contributed by atoms with Gasteiger partial charge in [0.15, 0.2) is 0 Å². The molecule has 0 spiro atoms. The van der Waals surface area contributed by atoms with Crippen LogP contribution in [0.3, 0.4) is 0 Å². The van der Waals surface area contributed by atoms with Crippen LogP contribution in [0.25, 0.3) is 93.2 Å². The zero-order chi connectivity index (χ0) is 38.9. The smallest absolute Gasteiger partial charge is 0.145 e. The van der Waals surface area contributed by atoms with Crippen molar-refractivity contribution < 1.29 is 4.42 Å². The normalized spacial score (nSPS) is 11.7. The second-order valence-electron chi connectivity index (χ2n) is 15.3. The van der Waals surface area contributed by atoms with E-state index in [4.69, 9.17) is 4.42 Å². The first-order valence-electron chi connectivity index (χ1n) is 20.2. The summed E-state index contributed by atoms with van der Waals surface area (Å²) in [6.07, 6.45) is 0. The number of para-hydroxylation sites is 4. The fourth-order valence-electron chi connectivity index (χ4n) is 9.32. The van der Waals surface area contributed by atoms with E-state index >= 15 is 0 Å². The second-order valence-corrected chi connectivity index (χ2v) is 15.3. The number of anilines is 3. The number of hydrogen-bond acceptors (Lipinski definition) is 2. The molecule has 0 unspecified atom stereocenters. The molecule has 0 bridgehead atoms. The Hall–Kier alpha value is -7.88. The summed E-state index contributed by atoms with van der Waals surface area (Å²) in [7, 11) is 0. The number of nitrogens with zero attached hydrogens (tertiary/aromatic N) is 2. The Balaban J connectivity index is 1.02. The van der Waals surface area contributed by atoms with Crippen LogP contribution in [0.5, 0.6) is 0 Å². The van der Waals surface area contributed by atoms with E-state index in [0.29, 0.717) is 0 Å². The molecule has 0 saturated carbocycles. The lowest BCUT2D eigenvalue weighted by atomic mass is 9.94. The monoisotopic (exact) mass is 752 g/mol. The van der Waals surface area contributed by atoms with Gasteiger partial charge in [-0.05, 0) is 105 Å². The van der Waals surface area contributed by atoms with Gasteiger partial charge in [0.05, 0.1) is 22.1 Å². The van der Waals surface area contributed by atoms with E-state index in [1.807, 2.05) is 0 Å². The van der Waals surface area contributed by atoms with Crippen LogP contribution < -0.4 is 4.90 Å². The molecule has 0 atom stereocenters. The Morgan fingerprint density at radius 3 is 1.81 bits per heavy atom. The summed E-state index contributed by atoms with van der Waals surface area (Å²) in [6, 6.07) is 78.5. The number of fused-ring (bicyclic) bond motifs is 9. The molecule has 0 saturated heterocycles. The lowest BCUT2D eigenvalue weighted by Gasteiger charge is -2.27. The molecule has 12 aromatic rings. The molecule has 0 fully saturated rings. The molecule has 2 aromatic heterocycles. The van der Waals surface area contributed by atoms with Gasteiger partial charge in [0, 0.05) is 38.8 Å². The lowest BCUT2D eigenvalue weighted by Crippen LogP contribution is -2.10. The number of benzene rings is 10. The Kier molecular flexibility index (Phi) is 7.54. The van der Waals surface area contributed by atoms with E-state index < -0.39 is 0 Å². The average molecular weight is 753 g/mol. The van der Waals surface area contributed by atoms with E-state index in [1.165, 1.54) is 54.5 Å². The number of rotatable bonds is 6. The third kappa shape index (κ3) is 5.29. The van der Waals surface area contributed by atoms with Gasteiger partial charge < -0.3 is 13.9 Å². The van der Waals surface area contributed by atoms with Gasteiger partial charge in [0.2, 0.25) is 0 Å². The van der Waals surface area contributed by atoms with Crippen molar-refractivity contribution in [3.63, 3.8) is 0 Å². The molecule has 276 valence electrons. The highest BCUT2D eigenvalue weighted by molar-refractivity contribution is 6.17. The second kappa shape index (κ2) is 13.4. The SMILES string of the molecule is c1ccc(N(c2ccc(-c3cccc4c3ccc3ccccc34)cc2)c2ccc(-c3cccc(-n4c5ccccc5c5ccccc54)c3)c3oc4ccccc4c23)cc1. The summed E-state index contributed by atoms with van der Waals surface area (Å²) >= 11 is 0. The van der Waals surface area contributed by atoms with Crippen LogP contribution in [-0.4, -0.2) is 4.57 Å². The first-order valence-corrected chi connectivity index (χ1v) is 20.2. The maximum absolute atomic E-state index is 6.89. The molecule has 59 heavy (non-hydrogen) atoms. The summed E-state index contributed by atoms with van der Waals surface area (Å²) < 4.78 is 9.26. The van der Waals surface area contributed by atoms with Crippen LogP contribution in [0.15, 0.2) is 223 Å². The van der Waals surface area contributed by atoms with E-state index in [1.54, 1.807) is 0 Å². The minimum absolute atomic E-state index is 0.863. The maximum atomic E-state index is 6.89. The molecule has 10 aromatic carbocycles. The highest BCUT2D eigenvalue weighted by Crippen LogP contribution is 2.47. The predicted octanol–water partition coefficient (Wildman–Crippen LogP) is 15.8. The first kappa shape index (κ1) is 33.3. The van der Waals surface area contributed by atoms with E-state index in [0.717, 1.165) is 55.8 Å². The summed E-state index contributed by atoms with van der Waals surface area (Å²) in [4.78, 5) is 2.36. The Bertz CT molecular complexity index is 3500. The van der Waals surface area contributed by atoms with Crippen molar-refractivity contribution in [2.24, 2.45) is 0 Å². The Morgan fingerprint density at radius 2 is 1.02 bits per heavy atom. The van der Waals surface area contributed by atoms with Crippen LogP contribution >= 0.6 is 0 Å². The fourth-order valence-corrected chi connectivity index (χ4v) is 9.32. The number of aromatic nitrogens is 1. The highest BCUT2D eigenvalue weighted by Gasteiger charge is 2.23. The molecule has 0 aliphatic carbocycles. The molecule has 0 N–H and O–H groups in total. The quantitative estimate of drug-likeness (QED) is 0.158. The summed E-state index contributed by atoms with van der Waals surface area (Å²) in [5.41, 5.74) is 13.0. The third-order valence-electron chi connectivity index (χ3n) is 12.0. The van der Waals surface area contributed by atoms with Gasteiger partial charge in [-0.1, -0.05) is 152 Å². The highest BCUT2D eigenvalue weighted by atomic mass is 16.3. The molecular weight excluding hydrogens is 717 g/mol. The van der Waals surface area contributed by atoms with Crippen molar-refractivity contribution in [3.05, 3.63) is 218 Å². The summed E-state index contributed by atoms with van der Waals surface area (Å²) in [5, 5.41) is 9.71. The van der Waals surface area contributed by atoms with Crippen LogP contribution in [0.4, 0.5) is 17.1 Å². The molecule has 0 aliphatic heterocycles. The predicted molar refractivity (Wildman–Crippen MR) is 249 cm³/mol. The zero-order valence-corrected chi connectivity index (χ0v) is 32.1.